The Hall–Kier alpha value is -1.59. The van der Waals surface area contributed by atoms with Gasteiger partial charge in [-0.15, -0.1) is 0 Å². The van der Waals surface area contributed by atoms with Gasteiger partial charge in [0.25, 0.3) is 5.91 Å². The van der Waals surface area contributed by atoms with Crippen molar-refractivity contribution in [2.45, 2.75) is 19.4 Å². The summed E-state index contributed by atoms with van der Waals surface area (Å²) in [7, 11) is 1.38. The first kappa shape index (κ1) is 9.50. The molecule has 1 rings (SSSR count). The van der Waals surface area contributed by atoms with Crippen molar-refractivity contribution in [2.75, 3.05) is 7.11 Å². The van der Waals surface area contributed by atoms with E-state index < -0.39 is 17.5 Å². The highest BCUT2D eigenvalue weighted by Crippen LogP contribution is 2.11. The molecule has 0 radical (unpaired) electrons. The highest BCUT2D eigenvalue weighted by molar-refractivity contribution is 6.21. The van der Waals surface area contributed by atoms with Crippen LogP contribution in [0.4, 0.5) is 4.79 Å². The normalized spacial score (nSPS) is 28.4. The van der Waals surface area contributed by atoms with Crippen LogP contribution in [0.5, 0.6) is 0 Å². The van der Waals surface area contributed by atoms with Crippen molar-refractivity contribution in [1.82, 2.24) is 10.6 Å². The number of rotatable bonds is 2. The van der Waals surface area contributed by atoms with Crippen molar-refractivity contribution in [1.29, 1.82) is 0 Å². The monoisotopic (exact) mass is 185 g/mol. The van der Waals surface area contributed by atoms with Crippen molar-refractivity contribution in [3.63, 3.8) is 0 Å². The van der Waals surface area contributed by atoms with Gasteiger partial charge in [0.05, 0.1) is 5.71 Å². The summed E-state index contributed by atoms with van der Waals surface area (Å²) in [6, 6.07) is -0.516. The Kier molecular flexibility index (Phi) is 2.22. The molecule has 13 heavy (non-hydrogen) atoms. The Labute approximate surface area is 75.3 Å². The van der Waals surface area contributed by atoms with Gasteiger partial charge < -0.3 is 10.2 Å². The topological polar surface area (TPSA) is 79.8 Å². The molecule has 1 unspecified atom stereocenters. The van der Waals surface area contributed by atoms with Crippen LogP contribution in [0, 0.1) is 0 Å². The van der Waals surface area contributed by atoms with Gasteiger partial charge in [-0.3, -0.25) is 10.1 Å². The summed E-state index contributed by atoms with van der Waals surface area (Å²) in [5.74, 6) is -0.421. The quantitative estimate of drug-likeness (QED) is 0.349. The van der Waals surface area contributed by atoms with Gasteiger partial charge in [-0.2, -0.15) is 0 Å². The molecule has 1 heterocycles. The van der Waals surface area contributed by atoms with E-state index in [1.54, 1.807) is 13.8 Å². The molecule has 0 aromatic rings. The molecule has 1 aliphatic rings. The summed E-state index contributed by atoms with van der Waals surface area (Å²) in [5, 5.41) is 8.18. The Balaban J connectivity index is 2.94. The van der Waals surface area contributed by atoms with Gasteiger partial charge >= 0.3 is 6.03 Å². The number of urea groups is 1. The second-order valence-electron chi connectivity index (χ2n) is 2.89. The second kappa shape index (κ2) is 3.04. The zero-order valence-electron chi connectivity index (χ0n) is 7.67. The summed E-state index contributed by atoms with van der Waals surface area (Å²) in [5.41, 5.74) is -0.689. The molecule has 1 saturated heterocycles. The van der Waals surface area contributed by atoms with E-state index in [4.69, 9.17) is 0 Å². The molecular weight excluding hydrogens is 174 g/mol. The molecule has 0 aromatic heterocycles. The standard InChI is InChI=1S/C7H11N3O3/c1-4(10-13-3)7(2)5(11)8-6(12)9-7/h1-3H3,(H2,8,9,11,12). The maximum atomic E-state index is 11.3. The van der Waals surface area contributed by atoms with Crippen LogP contribution in [0.25, 0.3) is 0 Å². The second-order valence-corrected chi connectivity index (χ2v) is 2.89. The molecule has 6 heteroatoms. The Morgan fingerprint density at radius 3 is 2.54 bits per heavy atom. The van der Waals surface area contributed by atoms with Crippen LogP contribution < -0.4 is 10.6 Å². The molecule has 2 N–H and O–H groups in total. The summed E-state index contributed by atoms with van der Waals surface area (Å²) < 4.78 is 0. The van der Waals surface area contributed by atoms with E-state index in [1.807, 2.05) is 0 Å². The highest BCUT2D eigenvalue weighted by atomic mass is 16.6. The fourth-order valence-corrected chi connectivity index (χ4v) is 1.03. The fourth-order valence-electron chi connectivity index (χ4n) is 1.03. The summed E-state index contributed by atoms with van der Waals surface area (Å²) >= 11 is 0. The van der Waals surface area contributed by atoms with Crippen LogP contribution in [-0.4, -0.2) is 30.3 Å². The molecule has 0 spiro atoms. The molecule has 6 nitrogen and oxygen atoms in total. The molecule has 0 aromatic carbocycles. The smallest absolute Gasteiger partial charge is 0.322 e. The van der Waals surface area contributed by atoms with Gasteiger partial charge in [0, 0.05) is 0 Å². The molecule has 0 bridgehead atoms. The number of nitrogens with zero attached hydrogens (tertiary/aromatic N) is 1. The predicted octanol–water partition coefficient (Wildman–Crippen LogP) is -0.393. The molecule has 72 valence electrons. The molecule has 1 aliphatic heterocycles. The third kappa shape index (κ3) is 1.47. The molecular formula is C7H11N3O3. The maximum Gasteiger partial charge on any atom is 0.322 e. The van der Waals surface area contributed by atoms with E-state index in [9.17, 15) is 9.59 Å². The van der Waals surface area contributed by atoms with E-state index in [0.29, 0.717) is 5.71 Å². The first-order chi connectivity index (χ1) is 6.00. The van der Waals surface area contributed by atoms with Gasteiger partial charge in [0.2, 0.25) is 0 Å². The van der Waals surface area contributed by atoms with Gasteiger partial charge in [-0.1, -0.05) is 5.16 Å². The number of hydrogen-bond acceptors (Lipinski definition) is 4. The lowest BCUT2D eigenvalue weighted by Crippen LogP contribution is -2.50. The number of nitrogens with one attached hydrogen (secondary N) is 2. The van der Waals surface area contributed by atoms with Gasteiger partial charge in [0.15, 0.2) is 5.54 Å². The zero-order valence-corrected chi connectivity index (χ0v) is 7.67. The van der Waals surface area contributed by atoms with Crippen LogP contribution in [0.1, 0.15) is 13.8 Å². The number of imide groups is 1. The molecule has 1 atom stereocenters. The third-order valence-corrected chi connectivity index (χ3v) is 2.00. The summed E-state index contributed by atoms with van der Waals surface area (Å²) in [6.45, 7) is 3.17. The lowest BCUT2D eigenvalue weighted by molar-refractivity contribution is -0.121. The Bertz CT molecular complexity index is 287. The van der Waals surface area contributed by atoms with Crippen LogP contribution >= 0.6 is 0 Å². The molecule has 0 aliphatic carbocycles. The number of hydrogen-bond donors (Lipinski definition) is 2. The van der Waals surface area contributed by atoms with E-state index in [2.05, 4.69) is 20.6 Å². The van der Waals surface area contributed by atoms with E-state index in [0.717, 1.165) is 0 Å². The number of amides is 3. The first-order valence-electron chi connectivity index (χ1n) is 3.72. The minimum Gasteiger partial charge on any atom is -0.399 e. The Morgan fingerprint density at radius 1 is 1.54 bits per heavy atom. The minimum absolute atomic E-state index is 0.401. The number of carbonyl (C=O) groups is 2. The van der Waals surface area contributed by atoms with Crippen molar-refractivity contribution in [3.8, 4) is 0 Å². The summed E-state index contributed by atoms with van der Waals surface area (Å²) in [4.78, 5) is 26.7. The van der Waals surface area contributed by atoms with E-state index >= 15 is 0 Å². The van der Waals surface area contributed by atoms with E-state index in [-0.39, 0.29) is 0 Å². The van der Waals surface area contributed by atoms with Crippen molar-refractivity contribution in [2.24, 2.45) is 5.16 Å². The maximum absolute atomic E-state index is 11.3. The predicted molar refractivity (Wildman–Crippen MR) is 45.2 cm³/mol. The SMILES string of the molecule is CON=C(C)C1(C)NC(=O)NC1=O. The number of oxime groups is 1. The molecule has 0 saturated carbocycles. The van der Waals surface area contributed by atoms with E-state index in [1.165, 1.54) is 7.11 Å². The Morgan fingerprint density at radius 2 is 2.15 bits per heavy atom. The lowest BCUT2D eigenvalue weighted by atomic mass is 9.97. The van der Waals surface area contributed by atoms with Crippen LogP contribution in [0.15, 0.2) is 5.16 Å². The lowest BCUT2D eigenvalue weighted by Gasteiger charge is -2.18. The molecule has 1 fully saturated rings. The third-order valence-electron chi connectivity index (χ3n) is 2.00. The summed E-state index contributed by atoms with van der Waals surface area (Å²) in [6.07, 6.45) is 0. The van der Waals surface area contributed by atoms with Crippen LogP contribution in [0.2, 0.25) is 0 Å². The minimum atomic E-state index is -1.09. The van der Waals surface area contributed by atoms with Gasteiger partial charge in [0.1, 0.15) is 7.11 Å². The largest absolute Gasteiger partial charge is 0.399 e. The molecule has 3 amide bonds. The fraction of sp³-hybridized carbons (Fsp3) is 0.571. The van der Waals surface area contributed by atoms with Crippen molar-refractivity contribution >= 4 is 17.6 Å². The average molecular weight is 185 g/mol. The first-order valence-corrected chi connectivity index (χ1v) is 3.72. The highest BCUT2D eigenvalue weighted by Gasteiger charge is 2.44. The van der Waals surface area contributed by atoms with Crippen LogP contribution in [0.3, 0.4) is 0 Å². The van der Waals surface area contributed by atoms with Crippen molar-refractivity contribution in [3.05, 3.63) is 0 Å². The number of carbonyl (C=O) groups excluding carboxylic acids is 2. The van der Waals surface area contributed by atoms with Crippen molar-refractivity contribution < 1.29 is 14.4 Å². The van der Waals surface area contributed by atoms with Crippen LogP contribution in [-0.2, 0) is 9.63 Å². The van der Waals surface area contributed by atoms with Gasteiger partial charge in [-0.25, -0.2) is 4.79 Å². The zero-order chi connectivity index (χ0) is 10.1. The average Bonchev–Trinajstić information content (AvgIpc) is 2.28. The van der Waals surface area contributed by atoms with Gasteiger partial charge in [-0.05, 0) is 13.8 Å².